The fourth-order valence-electron chi connectivity index (χ4n) is 7.17. The van der Waals surface area contributed by atoms with Crippen LogP contribution in [0.15, 0.2) is 0 Å². The third kappa shape index (κ3) is 3.28. The highest BCUT2D eigenvalue weighted by Crippen LogP contribution is 2.72. The van der Waals surface area contributed by atoms with Crippen molar-refractivity contribution >= 4 is 0 Å². The van der Waals surface area contributed by atoms with Crippen molar-refractivity contribution in [3.63, 3.8) is 0 Å². The summed E-state index contributed by atoms with van der Waals surface area (Å²) in [6.07, 6.45) is 10.9. The summed E-state index contributed by atoms with van der Waals surface area (Å²) >= 11 is 0. The monoisotopic (exact) mass is 364 g/mol. The fourth-order valence-corrected chi connectivity index (χ4v) is 7.17. The van der Waals surface area contributed by atoms with Crippen molar-refractivity contribution in [3.8, 4) is 0 Å². The second-order valence-corrected chi connectivity index (χ2v) is 11.7. The van der Waals surface area contributed by atoms with Gasteiger partial charge in [-0.25, -0.2) is 0 Å². The minimum atomic E-state index is -0.676. The normalized spacial score (nSPS) is 40.0. The zero-order chi connectivity index (χ0) is 19.4. The molecule has 0 aromatic rings. The molecular weight excluding hydrogens is 320 g/mol. The van der Waals surface area contributed by atoms with Crippen molar-refractivity contribution < 1.29 is 9.84 Å². The van der Waals surface area contributed by atoms with Gasteiger partial charge in [-0.3, -0.25) is 0 Å². The predicted molar refractivity (Wildman–Crippen MR) is 109 cm³/mol. The first-order chi connectivity index (χ1) is 12.0. The Kier molecular flexibility index (Phi) is 5.37. The molecule has 4 rings (SSSR count). The molecule has 0 aromatic carbocycles. The van der Waals surface area contributed by atoms with E-state index in [2.05, 4.69) is 48.5 Å². The van der Waals surface area contributed by atoms with Crippen molar-refractivity contribution in [2.45, 2.75) is 118 Å². The number of hydrogen-bond donors (Lipinski definition) is 1. The molecule has 0 aliphatic heterocycles. The van der Waals surface area contributed by atoms with E-state index in [9.17, 15) is 5.11 Å². The first-order valence-corrected chi connectivity index (χ1v) is 11.3. The van der Waals surface area contributed by atoms with Gasteiger partial charge < -0.3 is 9.84 Å². The van der Waals surface area contributed by atoms with Crippen molar-refractivity contribution in [2.24, 2.45) is 34.0 Å². The third-order valence-corrected chi connectivity index (χ3v) is 8.99. The fraction of sp³-hybridized carbons (Fsp3) is 1.00. The van der Waals surface area contributed by atoms with Gasteiger partial charge >= 0.3 is 0 Å². The summed E-state index contributed by atoms with van der Waals surface area (Å²) in [4.78, 5) is 0. The Balaban J connectivity index is 1.79. The first-order valence-electron chi connectivity index (χ1n) is 11.3. The molecule has 0 heterocycles. The molecule has 0 aromatic heterocycles. The summed E-state index contributed by atoms with van der Waals surface area (Å²) in [5.41, 5.74) is 0.443. The van der Waals surface area contributed by atoms with Crippen molar-refractivity contribution in [1.29, 1.82) is 0 Å². The van der Waals surface area contributed by atoms with Crippen LogP contribution in [0.3, 0.4) is 0 Å². The van der Waals surface area contributed by atoms with E-state index in [1.54, 1.807) is 0 Å². The van der Waals surface area contributed by atoms with E-state index >= 15 is 0 Å². The lowest BCUT2D eigenvalue weighted by molar-refractivity contribution is -0.298. The standard InChI is InChI=1S/C24H44O2/c1-8-9-10-22(7,17(2)3)20(25)26-21(5,6)24-12-18(4)11-23(16-24)13-19(14-23)15-24/h17-20,25H,8-16H2,1-7H3. The number of unbranched alkanes of at least 4 members (excludes halogenated alkanes) is 1. The molecule has 0 radical (unpaired) electrons. The molecule has 0 amide bonds. The highest BCUT2D eigenvalue weighted by Gasteiger charge is 2.64. The molecule has 2 nitrogen and oxygen atoms in total. The number of aliphatic hydroxyl groups excluding tert-OH is 1. The lowest BCUT2D eigenvalue weighted by Gasteiger charge is -2.68. The second-order valence-electron chi connectivity index (χ2n) is 11.7. The van der Waals surface area contributed by atoms with E-state index in [0.717, 1.165) is 24.7 Å². The van der Waals surface area contributed by atoms with Crippen LogP contribution in [0, 0.1) is 34.0 Å². The predicted octanol–water partition coefficient (Wildman–Crippen LogP) is 6.56. The third-order valence-electron chi connectivity index (χ3n) is 8.99. The molecule has 1 N–H and O–H groups in total. The van der Waals surface area contributed by atoms with Crippen molar-refractivity contribution in [2.75, 3.05) is 0 Å². The van der Waals surface area contributed by atoms with Crippen LogP contribution in [0.5, 0.6) is 0 Å². The molecular formula is C24H44O2. The van der Waals surface area contributed by atoms with E-state index < -0.39 is 6.29 Å². The van der Waals surface area contributed by atoms with Gasteiger partial charge in [-0.2, -0.15) is 0 Å². The van der Waals surface area contributed by atoms with Gasteiger partial charge in [-0.05, 0) is 82.0 Å². The smallest absolute Gasteiger partial charge is 0.160 e. The number of aliphatic hydroxyl groups is 1. The van der Waals surface area contributed by atoms with Crippen LogP contribution in [-0.4, -0.2) is 17.0 Å². The minimum Gasteiger partial charge on any atom is -0.367 e. The summed E-state index contributed by atoms with van der Waals surface area (Å²) in [6, 6.07) is 0. The SMILES string of the molecule is CCCCC(C)(C(C)C)C(O)OC(C)(C)C12CC(C)CC3(CC(C3)C1)C2. The maximum Gasteiger partial charge on any atom is 0.160 e. The summed E-state index contributed by atoms with van der Waals surface area (Å²) in [5, 5.41) is 11.2. The molecule has 4 aliphatic carbocycles. The Hall–Kier alpha value is -0.0800. The minimum absolute atomic E-state index is 0.167. The average molecular weight is 365 g/mol. The molecule has 1 spiro atoms. The second kappa shape index (κ2) is 6.76. The maximum absolute atomic E-state index is 11.2. The molecule has 0 saturated heterocycles. The van der Waals surface area contributed by atoms with Crippen LogP contribution in [0.25, 0.3) is 0 Å². The molecule has 4 fully saturated rings. The first kappa shape index (κ1) is 20.6. The summed E-state index contributed by atoms with van der Waals surface area (Å²) in [7, 11) is 0. The van der Waals surface area contributed by atoms with Gasteiger partial charge in [-0.1, -0.05) is 47.5 Å². The van der Waals surface area contributed by atoms with Crippen molar-refractivity contribution in [1.82, 2.24) is 0 Å². The lowest BCUT2D eigenvalue weighted by atomic mass is 9.38. The molecule has 4 aliphatic rings. The zero-order valence-electron chi connectivity index (χ0n) is 18.5. The largest absolute Gasteiger partial charge is 0.367 e. The zero-order valence-corrected chi connectivity index (χ0v) is 18.5. The molecule has 3 bridgehead atoms. The summed E-state index contributed by atoms with van der Waals surface area (Å²) in [5.74, 6) is 2.11. The van der Waals surface area contributed by atoms with Gasteiger partial charge in [-0.15, -0.1) is 0 Å². The summed E-state index contributed by atoms with van der Waals surface area (Å²) < 4.78 is 6.65. The quantitative estimate of drug-likeness (QED) is 0.494. The lowest BCUT2D eigenvalue weighted by Crippen LogP contribution is -2.63. The Labute approximate surface area is 162 Å². The topological polar surface area (TPSA) is 29.5 Å². The van der Waals surface area contributed by atoms with Crippen LogP contribution in [0.1, 0.15) is 106 Å². The Morgan fingerprint density at radius 3 is 2.31 bits per heavy atom. The van der Waals surface area contributed by atoms with Crippen LogP contribution >= 0.6 is 0 Å². The van der Waals surface area contributed by atoms with Gasteiger partial charge in [0.15, 0.2) is 6.29 Å². The molecule has 152 valence electrons. The van der Waals surface area contributed by atoms with Gasteiger partial charge in [0.25, 0.3) is 0 Å². The Morgan fingerprint density at radius 2 is 1.73 bits per heavy atom. The summed E-state index contributed by atoms with van der Waals surface area (Å²) in [6.45, 7) is 16.0. The molecule has 4 saturated carbocycles. The molecule has 4 unspecified atom stereocenters. The van der Waals surface area contributed by atoms with E-state index in [-0.39, 0.29) is 16.4 Å². The Morgan fingerprint density at radius 1 is 1.08 bits per heavy atom. The van der Waals surface area contributed by atoms with Crippen LogP contribution in [-0.2, 0) is 4.74 Å². The maximum atomic E-state index is 11.2. The molecule has 4 atom stereocenters. The van der Waals surface area contributed by atoms with Gasteiger partial charge in [0, 0.05) is 10.8 Å². The highest BCUT2D eigenvalue weighted by atomic mass is 16.6. The number of rotatable bonds is 8. The van der Waals surface area contributed by atoms with Gasteiger partial charge in [0.2, 0.25) is 0 Å². The van der Waals surface area contributed by atoms with E-state index in [4.69, 9.17) is 4.74 Å². The van der Waals surface area contributed by atoms with Gasteiger partial charge in [0.1, 0.15) is 0 Å². The van der Waals surface area contributed by atoms with Crippen LogP contribution < -0.4 is 0 Å². The molecule has 2 heteroatoms. The Bertz CT molecular complexity index is 500. The van der Waals surface area contributed by atoms with E-state index in [1.165, 1.54) is 44.9 Å². The number of ether oxygens (including phenoxy) is 1. The highest BCUT2D eigenvalue weighted by molar-refractivity contribution is 5.14. The van der Waals surface area contributed by atoms with Crippen LogP contribution in [0.4, 0.5) is 0 Å². The van der Waals surface area contributed by atoms with E-state index in [1.807, 2.05) is 0 Å². The molecule has 26 heavy (non-hydrogen) atoms. The number of hydrogen-bond acceptors (Lipinski definition) is 2. The van der Waals surface area contributed by atoms with Crippen LogP contribution in [0.2, 0.25) is 0 Å². The average Bonchev–Trinajstić information content (AvgIpc) is 2.49. The van der Waals surface area contributed by atoms with E-state index in [0.29, 0.717) is 11.3 Å². The van der Waals surface area contributed by atoms with Gasteiger partial charge in [0.05, 0.1) is 5.60 Å². The van der Waals surface area contributed by atoms with Crippen molar-refractivity contribution in [3.05, 3.63) is 0 Å².